The highest BCUT2D eigenvalue weighted by Gasteiger charge is 2.26. The second-order valence-electron chi connectivity index (χ2n) is 7.25. The van der Waals surface area contributed by atoms with Crippen molar-refractivity contribution in [1.82, 2.24) is 0 Å². The second kappa shape index (κ2) is 19.4. The predicted molar refractivity (Wildman–Crippen MR) is 123 cm³/mol. The summed E-state index contributed by atoms with van der Waals surface area (Å²) >= 11 is 0. The lowest BCUT2D eigenvalue weighted by Gasteiger charge is -2.16. The van der Waals surface area contributed by atoms with Crippen molar-refractivity contribution < 1.29 is 33.9 Å². The Kier molecular flexibility index (Phi) is 18.5. The summed E-state index contributed by atoms with van der Waals surface area (Å²) in [4.78, 5) is 28.9. The van der Waals surface area contributed by atoms with Crippen LogP contribution in [0.25, 0.3) is 0 Å². The van der Waals surface area contributed by atoms with E-state index < -0.39 is 32.4 Å². The van der Waals surface area contributed by atoms with Crippen LogP contribution in [0.4, 0.5) is 0 Å². The van der Waals surface area contributed by atoms with E-state index in [1.807, 2.05) is 12.2 Å². The Morgan fingerprint density at radius 3 is 1.81 bits per heavy atom. The van der Waals surface area contributed by atoms with Crippen molar-refractivity contribution in [2.45, 2.75) is 83.3 Å². The van der Waals surface area contributed by atoms with Gasteiger partial charge in [0, 0.05) is 6.42 Å². The normalized spacial score (nSPS) is 15.0. The first-order valence-electron chi connectivity index (χ1n) is 11.0. The molecule has 178 valence electrons. The van der Waals surface area contributed by atoms with Gasteiger partial charge < -0.3 is 20.0 Å². The molecule has 0 radical (unpaired) electrons. The molecule has 0 aliphatic rings. The molecule has 0 amide bonds. The van der Waals surface area contributed by atoms with E-state index in [4.69, 9.17) is 9.79 Å². The molecule has 8 heteroatoms. The highest BCUT2D eigenvalue weighted by molar-refractivity contribution is 7.46. The molecule has 0 saturated heterocycles. The second-order valence-corrected chi connectivity index (χ2v) is 8.48. The minimum atomic E-state index is -4.75. The van der Waals surface area contributed by atoms with E-state index in [-0.39, 0.29) is 6.42 Å². The summed E-state index contributed by atoms with van der Waals surface area (Å²) in [6.07, 6.45) is 22.4. The largest absolute Gasteiger partial charge is 0.469 e. The zero-order valence-corrected chi connectivity index (χ0v) is 19.4. The summed E-state index contributed by atoms with van der Waals surface area (Å²) in [6, 6.07) is 0. The van der Waals surface area contributed by atoms with Crippen molar-refractivity contribution in [3.8, 4) is 0 Å². The Balaban J connectivity index is 3.76. The van der Waals surface area contributed by atoms with Crippen LogP contribution in [0.2, 0.25) is 0 Å². The Labute approximate surface area is 186 Å². The molecule has 1 unspecified atom stereocenters. The summed E-state index contributed by atoms with van der Waals surface area (Å²) < 4.78 is 14.6. The van der Waals surface area contributed by atoms with E-state index >= 15 is 0 Å². The monoisotopic (exact) mass is 458 g/mol. The fraction of sp³-hybridized carbons (Fsp3) is 0.609. The first-order valence-corrected chi connectivity index (χ1v) is 12.5. The fourth-order valence-electron chi connectivity index (χ4n) is 2.58. The van der Waals surface area contributed by atoms with Gasteiger partial charge in [0.25, 0.3) is 0 Å². The summed E-state index contributed by atoms with van der Waals surface area (Å²) in [7, 11) is -4.75. The average Bonchev–Trinajstić information content (AvgIpc) is 2.72. The number of aliphatic hydroxyl groups excluding tert-OH is 2. The summed E-state index contributed by atoms with van der Waals surface area (Å²) in [5.41, 5.74) is 0. The Bertz CT molecular complexity index is 619. The number of phosphoric ester groups is 1. The highest BCUT2D eigenvalue weighted by atomic mass is 31.2. The number of carbonyl (C=O) groups is 1. The van der Waals surface area contributed by atoms with Gasteiger partial charge in [-0.3, -0.25) is 9.32 Å². The van der Waals surface area contributed by atoms with E-state index in [1.165, 1.54) is 25.7 Å². The minimum Gasteiger partial charge on any atom is -0.388 e. The van der Waals surface area contributed by atoms with Gasteiger partial charge in [-0.25, -0.2) is 4.57 Å². The smallest absolute Gasteiger partial charge is 0.388 e. The maximum Gasteiger partial charge on any atom is 0.469 e. The van der Waals surface area contributed by atoms with Crippen molar-refractivity contribution in [1.29, 1.82) is 0 Å². The van der Waals surface area contributed by atoms with Crippen LogP contribution in [0.1, 0.15) is 71.1 Å². The molecule has 0 rings (SSSR count). The number of allylic oxidation sites excluding steroid dienone is 8. The zero-order valence-electron chi connectivity index (χ0n) is 18.5. The van der Waals surface area contributed by atoms with Gasteiger partial charge in [0.05, 0.1) is 6.61 Å². The van der Waals surface area contributed by atoms with Crippen LogP contribution < -0.4 is 0 Å². The third-order valence-electron chi connectivity index (χ3n) is 4.36. The van der Waals surface area contributed by atoms with E-state index in [0.717, 1.165) is 19.3 Å². The molecule has 0 aromatic carbocycles. The molecule has 0 aliphatic carbocycles. The van der Waals surface area contributed by atoms with Crippen LogP contribution in [0, 0.1) is 0 Å². The summed E-state index contributed by atoms with van der Waals surface area (Å²) in [5, 5.41) is 19.2. The van der Waals surface area contributed by atoms with E-state index in [1.54, 1.807) is 0 Å². The number of unbranched alkanes of at least 4 members (excludes halogenated alkanes) is 4. The van der Waals surface area contributed by atoms with Crippen LogP contribution in [0.3, 0.4) is 0 Å². The minimum absolute atomic E-state index is 0.0617. The molecule has 0 aliphatic heterocycles. The van der Waals surface area contributed by atoms with Gasteiger partial charge in [0.2, 0.25) is 0 Å². The molecule has 31 heavy (non-hydrogen) atoms. The first-order chi connectivity index (χ1) is 14.8. The Morgan fingerprint density at radius 2 is 1.32 bits per heavy atom. The third-order valence-corrected chi connectivity index (χ3v) is 4.84. The van der Waals surface area contributed by atoms with Crippen LogP contribution in [0.5, 0.6) is 0 Å². The number of carbonyl (C=O) groups excluding carboxylic acids is 1. The van der Waals surface area contributed by atoms with Crippen molar-refractivity contribution in [2.75, 3.05) is 6.61 Å². The molecule has 0 heterocycles. The molecule has 4 N–H and O–H groups in total. The predicted octanol–water partition coefficient (Wildman–Crippen LogP) is 4.53. The van der Waals surface area contributed by atoms with Crippen molar-refractivity contribution in [3.05, 3.63) is 48.6 Å². The van der Waals surface area contributed by atoms with Crippen molar-refractivity contribution in [2.24, 2.45) is 0 Å². The molecule has 0 saturated carbocycles. The first kappa shape index (κ1) is 29.7. The molecule has 0 spiro atoms. The lowest BCUT2D eigenvalue weighted by Crippen LogP contribution is -2.36. The lowest BCUT2D eigenvalue weighted by atomic mass is 10.0. The average molecular weight is 459 g/mol. The quantitative estimate of drug-likeness (QED) is 0.127. The molecule has 2 atom stereocenters. The molecule has 7 nitrogen and oxygen atoms in total. The topological polar surface area (TPSA) is 124 Å². The number of aliphatic hydroxyl groups is 2. The van der Waals surface area contributed by atoms with E-state index in [9.17, 15) is 19.6 Å². The van der Waals surface area contributed by atoms with E-state index in [0.29, 0.717) is 12.8 Å². The zero-order chi connectivity index (χ0) is 23.4. The summed E-state index contributed by atoms with van der Waals surface area (Å²) in [5.74, 6) is -0.585. The Hall–Kier alpha value is -1.34. The molecular formula is C23H39O7P. The van der Waals surface area contributed by atoms with Crippen LogP contribution in [0.15, 0.2) is 48.6 Å². The highest BCUT2D eigenvalue weighted by Crippen LogP contribution is 2.35. The van der Waals surface area contributed by atoms with Crippen LogP contribution in [-0.4, -0.2) is 44.6 Å². The van der Waals surface area contributed by atoms with Crippen LogP contribution >= 0.6 is 7.82 Å². The maximum atomic E-state index is 11.8. The molecule has 0 bridgehead atoms. The number of phosphoric acid groups is 1. The SMILES string of the molecule is CCCCCC=CCC=CCC=CCC=CCCCC(=O)C(O)[C@@H](O)COP(=O)(O)O. The number of rotatable bonds is 19. The maximum absolute atomic E-state index is 11.8. The number of ketones is 1. The molecule has 0 aromatic heterocycles. The Morgan fingerprint density at radius 1 is 0.839 bits per heavy atom. The van der Waals surface area contributed by atoms with Gasteiger partial charge in [0.1, 0.15) is 12.2 Å². The van der Waals surface area contributed by atoms with Crippen LogP contribution in [-0.2, 0) is 13.9 Å². The van der Waals surface area contributed by atoms with Crippen molar-refractivity contribution in [3.63, 3.8) is 0 Å². The van der Waals surface area contributed by atoms with Gasteiger partial charge in [-0.15, -0.1) is 0 Å². The molecule has 0 aromatic rings. The fourth-order valence-corrected chi connectivity index (χ4v) is 2.93. The van der Waals surface area contributed by atoms with Gasteiger partial charge in [-0.2, -0.15) is 0 Å². The van der Waals surface area contributed by atoms with Gasteiger partial charge in [-0.05, 0) is 44.9 Å². The number of hydrogen-bond acceptors (Lipinski definition) is 5. The third kappa shape index (κ3) is 20.3. The summed E-state index contributed by atoms with van der Waals surface area (Å²) in [6.45, 7) is 1.40. The van der Waals surface area contributed by atoms with Gasteiger partial charge in [0.15, 0.2) is 5.78 Å². The molecular weight excluding hydrogens is 419 g/mol. The number of Topliss-reactive ketones (excluding diaryl/α,β-unsaturated/α-hetero) is 1. The van der Waals surface area contributed by atoms with Gasteiger partial charge in [-0.1, -0.05) is 68.4 Å². The van der Waals surface area contributed by atoms with Crippen molar-refractivity contribution >= 4 is 13.6 Å². The van der Waals surface area contributed by atoms with Gasteiger partial charge >= 0.3 is 7.82 Å². The standard InChI is InChI=1S/C23H39O7P/c1-2-3-4-5-6-7-8-9-10-11-12-13-14-15-16-17-18-19-21(24)23(26)22(25)20-30-31(27,28)29/h6-7,9-10,12-13,15-16,22-23,25-26H,2-5,8,11,14,17-20H2,1H3,(H2,27,28,29)/t22-,23?/m0/s1. The lowest BCUT2D eigenvalue weighted by molar-refractivity contribution is -0.134. The van der Waals surface area contributed by atoms with E-state index in [2.05, 4.69) is 47.9 Å². The molecule has 0 fully saturated rings. The number of hydrogen-bond donors (Lipinski definition) is 4.